The summed E-state index contributed by atoms with van der Waals surface area (Å²) in [6.45, 7) is 1.42. The van der Waals surface area contributed by atoms with E-state index in [9.17, 15) is 9.59 Å². The highest BCUT2D eigenvalue weighted by Gasteiger charge is 2.20. The molecule has 1 aromatic rings. The number of fused-ring (bicyclic) bond motifs is 1. The summed E-state index contributed by atoms with van der Waals surface area (Å²) in [4.78, 5) is 24.9. The number of carbonyl (C=O) groups is 2. The highest BCUT2D eigenvalue weighted by Crippen LogP contribution is 2.19. The van der Waals surface area contributed by atoms with Crippen LogP contribution >= 0.6 is 0 Å². The summed E-state index contributed by atoms with van der Waals surface area (Å²) in [5.74, 6) is -0.0196. The normalized spacial score (nSPS) is 13.9. The van der Waals surface area contributed by atoms with Gasteiger partial charge in [0.25, 0.3) is 0 Å². The second-order valence-electron chi connectivity index (χ2n) is 4.51. The van der Waals surface area contributed by atoms with Gasteiger partial charge in [-0.2, -0.15) is 0 Å². The summed E-state index contributed by atoms with van der Waals surface area (Å²) < 4.78 is 0. The topological polar surface area (TPSA) is 49.4 Å². The molecule has 1 aliphatic rings. The summed E-state index contributed by atoms with van der Waals surface area (Å²) >= 11 is 0. The van der Waals surface area contributed by atoms with E-state index < -0.39 is 0 Å². The quantitative estimate of drug-likeness (QED) is 0.868. The zero-order valence-corrected chi connectivity index (χ0v) is 10.6. The molecule has 0 spiro atoms. The van der Waals surface area contributed by atoms with E-state index in [4.69, 9.17) is 0 Å². The number of carbonyl (C=O) groups excluding carboxylic acids is 2. The molecule has 2 amide bonds. The van der Waals surface area contributed by atoms with Crippen molar-refractivity contribution >= 4 is 11.8 Å². The lowest BCUT2D eigenvalue weighted by Gasteiger charge is -2.28. The number of nitrogens with one attached hydrogen (secondary N) is 1. The fourth-order valence-electron chi connectivity index (χ4n) is 2.21. The van der Waals surface area contributed by atoms with Crippen molar-refractivity contribution in [1.29, 1.82) is 0 Å². The van der Waals surface area contributed by atoms with Gasteiger partial charge in [0.05, 0.1) is 0 Å². The second kappa shape index (κ2) is 5.67. The molecule has 0 saturated heterocycles. The molecule has 18 heavy (non-hydrogen) atoms. The summed E-state index contributed by atoms with van der Waals surface area (Å²) in [7, 11) is 1.59. The van der Waals surface area contributed by atoms with Crippen molar-refractivity contribution in [3.63, 3.8) is 0 Å². The van der Waals surface area contributed by atoms with Gasteiger partial charge in [0, 0.05) is 33.0 Å². The van der Waals surface area contributed by atoms with Gasteiger partial charge < -0.3 is 10.2 Å². The third kappa shape index (κ3) is 2.88. The first-order valence-electron chi connectivity index (χ1n) is 6.26. The number of benzene rings is 1. The third-order valence-corrected chi connectivity index (χ3v) is 3.33. The number of rotatable bonds is 3. The van der Waals surface area contributed by atoms with E-state index >= 15 is 0 Å². The van der Waals surface area contributed by atoms with Crippen molar-refractivity contribution in [2.45, 2.75) is 25.8 Å². The van der Waals surface area contributed by atoms with Gasteiger partial charge in [-0.05, 0) is 17.5 Å². The molecule has 0 aromatic heterocycles. The summed E-state index contributed by atoms with van der Waals surface area (Å²) in [5.41, 5.74) is 2.55. The van der Waals surface area contributed by atoms with E-state index in [0.717, 1.165) is 13.0 Å². The Hall–Kier alpha value is -1.84. The highest BCUT2D eigenvalue weighted by molar-refractivity contribution is 5.83. The Balaban J connectivity index is 1.92. The molecule has 0 aliphatic carbocycles. The van der Waals surface area contributed by atoms with Gasteiger partial charge in [0.1, 0.15) is 0 Å². The molecule has 0 radical (unpaired) electrons. The van der Waals surface area contributed by atoms with Crippen LogP contribution in [0.2, 0.25) is 0 Å². The molecule has 1 heterocycles. The van der Waals surface area contributed by atoms with Gasteiger partial charge in [-0.3, -0.25) is 9.59 Å². The monoisotopic (exact) mass is 246 g/mol. The van der Waals surface area contributed by atoms with E-state index in [-0.39, 0.29) is 18.2 Å². The minimum Gasteiger partial charge on any atom is -0.359 e. The van der Waals surface area contributed by atoms with Gasteiger partial charge in [0.15, 0.2) is 0 Å². The van der Waals surface area contributed by atoms with Crippen LogP contribution in [0.4, 0.5) is 0 Å². The molecule has 1 aliphatic heterocycles. The van der Waals surface area contributed by atoms with Gasteiger partial charge in [0.2, 0.25) is 11.8 Å². The molecular weight excluding hydrogens is 228 g/mol. The van der Waals surface area contributed by atoms with Crippen LogP contribution in [0.5, 0.6) is 0 Å². The predicted molar refractivity (Wildman–Crippen MR) is 68.9 cm³/mol. The minimum atomic E-state index is -0.0826. The lowest BCUT2D eigenvalue weighted by molar-refractivity contribution is -0.134. The Labute approximate surface area is 107 Å². The molecule has 0 saturated carbocycles. The maximum Gasteiger partial charge on any atom is 0.223 e. The minimum absolute atomic E-state index is 0.0631. The third-order valence-electron chi connectivity index (χ3n) is 3.33. The summed E-state index contributed by atoms with van der Waals surface area (Å²) in [5, 5.41) is 2.53. The number of amides is 2. The number of nitrogens with zero attached hydrogens (tertiary/aromatic N) is 1. The standard InChI is InChI=1S/C14H18N2O2/c1-15-13(17)6-7-14(18)16-9-8-11-4-2-3-5-12(11)10-16/h2-5H,6-10H2,1H3,(H,15,17). The lowest BCUT2D eigenvalue weighted by atomic mass is 9.99. The smallest absolute Gasteiger partial charge is 0.223 e. The van der Waals surface area contributed by atoms with Crippen molar-refractivity contribution in [2.75, 3.05) is 13.6 Å². The first-order valence-corrected chi connectivity index (χ1v) is 6.26. The fourth-order valence-corrected chi connectivity index (χ4v) is 2.21. The molecule has 2 rings (SSSR count). The number of hydrogen-bond donors (Lipinski definition) is 1. The molecular formula is C14H18N2O2. The molecule has 0 bridgehead atoms. The Morgan fingerprint density at radius 1 is 1.22 bits per heavy atom. The molecule has 0 atom stereocenters. The predicted octanol–water partition coefficient (Wildman–Crippen LogP) is 1.10. The van der Waals surface area contributed by atoms with E-state index in [1.54, 1.807) is 7.05 Å². The van der Waals surface area contributed by atoms with E-state index in [1.165, 1.54) is 11.1 Å². The van der Waals surface area contributed by atoms with Crippen LogP contribution in [0.15, 0.2) is 24.3 Å². The lowest BCUT2D eigenvalue weighted by Crippen LogP contribution is -2.36. The molecule has 0 fully saturated rings. The maximum absolute atomic E-state index is 12.0. The SMILES string of the molecule is CNC(=O)CCC(=O)N1CCc2ccccc2C1. The molecule has 0 unspecified atom stereocenters. The van der Waals surface area contributed by atoms with E-state index in [0.29, 0.717) is 13.0 Å². The number of hydrogen-bond acceptors (Lipinski definition) is 2. The van der Waals surface area contributed by atoms with E-state index in [1.807, 2.05) is 17.0 Å². The van der Waals surface area contributed by atoms with Crippen molar-refractivity contribution in [1.82, 2.24) is 10.2 Å². The average Bonchev–Trinajstić information content (AvgIpc) is 2.43. The van der Waals surface area contributed by atoms with Crippen LogP contribution in [0.1, 0.15) is 24.0 Å². The largest absolute Gasteiger partial charge is 0.359 e. The van der Waals surface area contributed by atoms with Crippen LogP contribution in [0.25, 0.3) is 0 Å². The Morgan fingerprint density at radius 3 is 2.67 bits per heavy atom. The van der Waals surface area contributed by atoms with Crippen molar-refractivity contribution in [3.8, 4) is 0 Å². The van der Waals surface area contributed by atoms with Crippen LogP contribution in [0, 0.1) is 0 Å². The second-order valence-corrected chi connectivity index (χ2v) is 4.51. The average molecular weight is 246 g/mol. The summed E-state index contributed by atoms with van der Waals surface area (Å²) in [6.07, 6.45) is 1.47. The van der Waals surface area contributed by atoms with Crippen LogP contribution in [0.3, 0.4) is 0 Å². The molecule has 4 nitrogen and oxygen atoms in total. The fraction of sp³-hybridized carbons (Fsp3) is 0.429. The maximum atomic E-state index is 12.0. The summed E-state index contributed by atoms with van der Waals surface area (Å²) in [6, 6.07) is 8.20. The van der Waals surface area contributed by atoms with Crippen LogP contribution < -0.4 is 5.32 Å². The first-order chi connectivity index (χ1) is 8.70. The first kappa shape index (κ1) is 12.6. The van der Waals surface area contributed by atoms with Gasteiger partial charge in [-0.25, -0.2) is 0 Å². The Bertz CT molecular complexity index is 457. The Kier molecular flexibility index (Phi) is 3.97. The Morgan fingerprint density at radius 2 is 1.94 bits per heavy atom. The zero-order valence-electron chi connectivity index (χ0n) is 10.6. The van der Waals surface area contributed by atoms with Crippen molar-refractivity contribution in [3.05, 3.63) is 35.4 Å². The van der Waals surface area contributed by atoms with Gasteiger partial charge in [-0.1, -0.05) is 24.3 Å². The van der Waals surface area contributed by atoms with Gasteiger partial charge in [-0.15, -0.1) is 0 Å². The van der Waals surface area contributed by atoms with Crippen molar-refractivity contribution in [2.24, 2.45) is 0 Å². The van der Waals surface area contributed by atoms with Crippen LogP contribution in [-0.4, -0.2) is 30.3 Å². The zero-order chi connectivity index (χ0) is 13.0. The van der Waals surface area contributed by atoms with Crippen LogP contribution in [-0.2, 0) is 22.6 Å². The molecule has 96 valence electrons. The molecule has 4 heteroatoms. The molecule has 1 aromatic carbocycles. The molecule has 1 N–H and O–H groups in total. The van der Waals surface area contributed by atoms with E-state index in [2.05, 4.69) is 17.4 Å². The highest BCUT2D eigenvalue weighted by atomic mass is 16.2. The van der Waals surface area contributed by atoms with Crippen molar-refractivity contribution < 1.29 is 9.59 Å². The van der Waals surface area contributed by atoms with Gasteiger partial charge >= 0.3 is 0 Å².